The van der Waals surface area contributed by atoms with Crippen LogP contribution >= 0.6 is 0 Å². The zero-order chi connectivity index (χ0) is 12.3. The van der Waals surface area contributed by atoms with E-state index in [0.29, 0.717) is 11.3 Å². The van der Waals surface area contributed by atoms with Crippen LogP contribution in [-0.4, -0.2) is 5.11 Å². The quantitative estimate of drug-likeness (QED) is 0.878. The number of benzene rings is 2. The molecular formula is C14H13FO2. The van der Waals surface area contributed by atoms with Crippen LogP contribution in [0, 0.1) is 12.7 Å². The van der Waals surface area contributed by atoms with Gasteiger partial charge >= 0.3 is 0 Å². The minimum absolute atomic E-state index is 0.0817. The van der Waals surface area contributed by atoms with Gasteiger partial charge in [0.2, 0.25) is 0 Å². The SMILES string of the molecule is Cc1cccc(OCc2ccc(O)cc2F)c1. The molecule has 0 saturated carbocycles. The van der Waals surface area contributed by atoms with Gasteiger partial charge in [-0.2, -0.15) is 0 Å². The van der Waals surface area contributed by atoms with Gasteiger partial charge in [0.05, 0.1) is 0 Å². The van der Waals surface area contributed by atoms with E-state index in [1.807, 2.05) is 31.2 Å². The maximum absolute atomic E-state index is 13.4. The van der Waals surface area contributed by atoms with E-state index in [0.717, 1.165) is 11.6 Å². The first-order valence-electron chi connectivity index (χ1n) is 5.32. The van der Waals surface area contributed by atoms with Gasteiger partial charge in [0.25, 0.3) is 0 Å². The van der Waals surface area contributed by atoms with E-state index in [-0.39, 0.29) is 12.4 Å². The van der Waals surface area contributed by atoms with Crippen molar-refractivity contribution >= 4 is 0 Å². The molecule has 0 bridgehead atoms. The fraction of sp³-hybridized carbons (Fsp3) is 0.143. The Kier molecular flexibility index (Phi) is 3.28. The molecule has 0 atom stereocenters. The van der Waals surface area contributed by atoms with Crippen molar-refractivity contribution < 1.29 is 14.2 Å². The van der Waals surface area contributed by atoms with Crippen LogP contribution in [0.15, 0.2) is 42.5 Å². The maximum Gasteiger partial charge on any atom is 0.133 e. The van der Waals surface area contributed by atoms with Gasteiger partial charge in [0, 0.05) is 11.6 Å². The summed E-state index contributed by atoms with van der Waals surface area (Å²) in [6.07, 6.45) is 0. The Balaban J connectivity index is 2.07. The van der Waals surface area contributed by atoms with Crippen molar-refractivity contribution in [3.63, 3.8) is 0 Å². The fourth-order valence-electron chi connectivity index (χ4n) is 1.52. The number of hydrogen-bond donors (Lipinski definition) is 1. The van der Waals surface area contributed by atoms with Crippen LogP contribution in [0.1, 0.15) is 11.1 Å². The van der Waals surface area contributed by atoms with E-state index in [2.05, 4.69) is 0 Å². The summed E-state index contributed by atoms with van der Waals surface area (Å²) in [6, 6.07) is 11.6. The predicted molar refractivity (Wildman–Crippen MR) is 63.6 cm³/mol. The van der Waals surface area contributed by atoms with E-state index < -0.39 is 5.82 Å². The first kappa shape index (κ1) is 11.5. The number of ether oxygens (including phenoxy) is 1. The average Bonchev–Trinajstić information content (AvgIpc) is 2.28. The van der Waals surface area contributed by atoms with Gasteiger partial charge < -0.3 is 9.84 Å². The normalized spacial score (nSPS) is 10.2. The van der Waals surface area contributed by atoms with Crippen LogP contribution < -0.4 is 4.74 Å². The monoisotopic (exact) mass is 232 g/mol. The lowest BCUT2D eigenvalue weighted by Crippen LogP contribution is -1.98. The number of phenols is 1. The molecule has 0 amide bonds. The summed E-state index contributed by atoms with van der Waals surface area (Å²) >= 11 is 0. The molecular weight excluding hydrogens is 219 g/mol. The summed E-state index contributed by atoms with van der Waals surface area (Å²) in [5.41, 5.74) is 1.51. The fourth-order valence-corrected chi connectivity index (χ4v) is 1.52. The molecule has 0 saturated heterocycles. The van der Waals surface area contributed by atoms with Gasteiger partial charge in [-0.1, -0.05) is 12.1 Å². The van der Waals surface area contributed by atoms with Crippen molar-refractivity contribution in [2.45, 2.75) is 13.5 Å². The summed E-state index contributed by atoms with van der Waals surface area (Å²) in [6.45, 7) is 2.11. The Bertz CT molecular complexity index is 523. The van der Waals surface area contributed by atoms with E-state index in [1.165, 1.54) is 12.1 Å². The molecule has 0 aliphatic rings. The smallest absolute Gasteiger partial charge is 0.133 e. The van der Waals surface area contributed by atoms with Crippen molar-refractivity contribution in [2.24, 2.45) is 0 Å². The van der Waals surface area contributed by atoms with Gasteiger partial charge in [-0.15, -0.1) is 0 Å². The molecule has 0 radical (unpaired) electrons. The summed E-state index contributed by atoms with van der Waals surface area (Å²) in [5.74, 6) is 0.164. The molecule has 2 aromatic rings. The van der Waals surface area contributed by atoms with E-state index in [1.54, 1.807) is 0 Å². The highest BCUT2D eigenvalue weighted by Crippen LogP contribution is 2.18. The van der Waals surface area contributed by atoms with Gasteiger partial charge in [0.15, 0.2) is 0 Å². The highest BCUT2D eigenvalue weighted by atomic mass is 19.1. The van der Waals surface area contributed by atoms with Crippen LogP contribution in [0.25, 0.3) is 0 Å². The van der Waals surface area contributed by atoms with Crippen molar-refractivity contribution in [2.75, 3.05) is 0 Å². The van der Waals surface area contributed by atoms with Crippen LogP contribution in [0.2, 0.25) is 0 Å². The second-order valence-electron chi connectivity index (χ2n) is 3.88. The van der Waals surface area contributed by atoms with Crippen LogP contribution in [-0.2, 0) is 6.61 Å². The third kappa shape index (κ3) is 2.97. The number of halogens is 1. The molecule has 1 N–H and O–H groups in total. The van der Waals surface area contributed by atoms with Gasteiger partial charge in [-0.05, 0) is 36.8 Å². The zero-order valence-corrected chi connectivity index (χ0v) is 9.48. The summed E-state index contributed by atoms with van der Waals surface area (Å²) in [4.78, 5) is 0. The maximum atomic E-state index is 13.4. The van der Waals surface area contributed by atoms with Crippen molar-refractivity contribution in [1.29, 1.82) is 0 Å². The van der Waals surface area contributed by atoms with Gasteiger partial charge in [-0.25, -0.2) is 4.39 Å². The molecule has 0 fully saturated rings. The summed E-state index contributed by atoms with van der Waals surface area (Å²) in [7, 11) is 0. The van der Waals surface area contributed by atoms with Gasteiger partial charge in [0.1, 0.15) is 23.9 Å². The lowest BCUT2D eigenvalue weighted by Gasteiger charge is -2.07. The van der Waals surface area contributed by atoms with Crippen LogP contribution in [0.3, 0.4) is 0 Å². The molecule has 0 aliphatic heterocycles. The Morgan fingerprint density at radius 1 is 1.18 bits per heavy atom. The average molecular weight is 232 g/mol. The third-order valence-electron chi connectivity index (χ3n) is 2.42. The molecule has 2 aromatic carbocycles. The third-order valence-corrected chi connectivity index (χ3v) is 2.42. The first-order valence-corrected chi connectivity index (χ1v) is 5.32. The number of phenolic OH excluding ortho intramolecular Hbond substituents is 1. The lowest BCUT2D eigenvalue weighted by atomic mass is 10.2. The minimum atomic E-state index is -0.461. The molecule has 2 nitrogen and oxygen atoms in total. The lowest BCUT2D eigenvalue weighted by molar-refractivity contribution is 0.299. The van der Waals surface area contributed by atoms with E-state index in [4.69, 9.17) is 9.84 Å². The molecule has 0 spiro atoms. The Morgan fingerprint density at radius 3 is 2.71 bits per heavy atom. The molecule has 0 aliphatic carbocycles. The first-order chi connectivity index (χ1) is 8.15. The van der Waals surface area contributed by atoms with Gasteiger partial charge in [-0.3, -0.25) is 0 Å². The molecule has 3 heteroatoms. The number of rotatable bonds is 3. The predicted octanol–water partition coefficient (Wildman–Crippen LogP) is 3.42. The second-order valence-corrected chi connectivity index (χ2v) is 3.88. The zero-order valence-electron chi connectivity index (χ0n) is 9.48. The van der Waals surface area contributed by atoms with E-state index >= 15 is 0 Å². The minimum Gasteiger partial charge on any atom is -0.508 e. The highest BCUT2D eigenvalue weighted by Gasteiger charge is 2.04. The molecule has 2 rings (SSSR count). The molecule has 0 aromatic heterocycles. The van der Waals surface area contributed by atoms with Crippen LogP contribution in [0.4, 0.5) is 4.39 Å². The number of aromatic hydroxyl groups is 1. The Labute approximate surface area is 99.3 Å². The summed E-state index contributed by atoms with van der Waals surface area (Å²) in [5, 5.41) is 9.08. The highest BCUT2D eigenvalue weighted by molar-refractivity contribution is 5.30. The Morgan fingerprint density at radius 2 is 2.00 bits per heavy atom. The van der Waals surface area contributed by atoms with Crippen molar-refractivity contribution in [1.82, 2.24) is 0 Å². The Hall–Kier alpha value is -2.03. The van der Waals surface area contributed by atoms with Crippen molar-refractivity contribution in [3.05, 3.63) is 59.4 Å². The van der Waals surface area contributed by atoms with Crippen LogP contribution in [0.5, 0.6) is 11.5 Å². The molecule has 88 valence electrons. The molecule has 0 unspecified atom stereocenters. The second kappa shape index (κ2) is 4.87. The number of hydrogen-bond acceptors (Lipinski definition) is 2. The van der Waals surface area contributed by atoms with E-state index in [9.17, 15) is 4.39 Å². The standard InChI is InChI=1S/C14H13FO2/c1-10-3-2-4-13(7-10)17-9-11-5-6-12(16)8-14(11)15/h2-8,16H,9H2,1H3. The summed E-state index contributed by atoms with van der Waals surface area (Å²) < 4.78 is 18.9. The number of aryl methyl sites for hydroxylation is 1. The van der Waals surface area contributed by atoms with Crippen molar-refractivity contribution in [3.8, 4) is 11.5 Å². The molecule has 0 heterocycles. The topological polar surface area (TPSA) is 29.5 Å². The molecule has 17 heavy (non-hydrogen) atoms. The largest absolute Gasteiger partial charge is 0.508 e.